The van der Waals surface area contributed by atoms with Gasteiger partial charge in [0.2, 0.25) is 10.0 Å². The summed E-state index contributed by atoms with van der Waals surface area (Å²) in [5.41, 5.74) is 0.782. The minimum Gasteiger partial charge on any atom is -0.497 e. The van der Waals surface area contributed by atoms with Crippen molar-refractivity contribution in [3.8, 4) is 11.5 Å². The lowest BCUT2D eigenvalue weighted by molar-refractivity contribution is 0.102. The molecule has 0 aliphatic heterocycles. The standard InChI is InChI=1S/C18H22N2O6S/c1-24-11-10-19-27(22,23)15-7-4-13(5-8-15)18(21)20-16-9-6-14(25-2)12-17(16)26-3/h4-9,12,19H,10-11H2,1-3H3,(H,20,21). The second kappa shape index (κ2) is 9.36. The number of sulfonamides is 1. The zero-order valence-electron chi connectivity index (χ0n) is 15.3. The fraction of sp³-hybridized carbons (Fsp3) is 0.278. The van der Waals surface area contributed by atoms with E-state index in [1.807, 2.05) is 0 Å². The zero-order chi connectivity index (χ0) is 19.9. The van der Waals surface area contributed by atoms with Crippen molar-refractivity contribution in [2.75, 3.05) is 39.8 Å². The molecular formula is C18H22N2O6S. The molecule has 0 saturated heterocycles. The van der Waals surface area contributed by atoms with E-state index < -0.39 is 15.9 Å². The number of nitrogens with one attached hydrogen (secondary N) is 2. The van der Waals surface area contributed by atoms with E-state index in [-0.39, 0.29) is 18.0 Å². The lowest BCUT2D eigenvalue weighted by atomic mass is 10.2. The molecule has 0 heterocycles. The molecule has 0 bridgehead atoms. The van der Waals surface area contributed by atoms with E-state index in [0.29, 0.717) is 22.7 Å². The van der Waals surface area contributed by atoms with Gasteiger partial charge in [-0.2, -0.15) is 0 Å². The topological polar surface area (TPSA) is 103 Å². The smallest absolute Gasteiger partial charge is 0.255 e. The van der Waals surface area contributed by atoms with Crippen LogP contribution in [0.5, 0.6) is 11.5 Å². The first kappa shape index (κ1) is 20.7. The quantitative estimate of drug-likeness (QED) is 0.630. The van der Waals surface area contributed by atoms with E-state index in [2.05, 4.69) is 10.0 Å². The van der Waals surface area contributed by atoms with Gasteiger partial charge in [0.15, 0.2) is 0 Å². The van der Waals surface area contributed by atoms with Crippen LogP contribution in [0.3, 0.4) is 0 Å². The van der Waals surface area contributed by atoms with Crippen molar-refractivity contribution in [1.29, 1.82) is 0 Å². The third kappa shape index (κ3) is 5.43. The number of ether oxygens (including phenoxy) is 3. The maximum absolute atomic E-state index is 12.4. The van der Waals surface area contributed by atoms with Gasteiger partial charge in [-0.25, -0.2) is 13.1 Å². The Bertz CT molecular complexity index is 881. The Kier molecular flexibility index (Phi) is 7.17. The van der Waals surface area contributed by atoms with Crippen LogP contribution in [-0.2, 0) is 14.8 Å². The summed E-state index contributed by atoms with van der Waals surface area (Å²) in [7, 11) is 0.859. The van der Waals surface area contributed by atoms with Gasteiger partial charge in [-0.15, -0.1) is 0 Å². The number of anilines is 1. The maximum atomic E-state index is 12.4. The van der Waals surface area contributed by atoms with Gasteiger partial charge in [-0.05, 0) is 36.4 Å². The summed E-state index contributed by atoms with van der Waals surface area (Å²) < 4.78 is 41.8. The van der Waals surface area contributed by atoms with Crippen molar-refractivity contribution in [3.05, 3.63) is 48.0 Å². The van der Waals surface area contributed by atoms with Crippen LogP contribution in [0.4, 0.5) is 5.69 Å². The Labute approximate surface area is 158 Å². The van der Waals surface area contributed by atoms with E-state index in [1.165, 1.54) is 45.6 Å². The van der Waals surface area contributed by atoms with Crippen LogP contribution < -0.4 is 19.5 Å². The number of amides is 1. The summed E-state index contributed by atoms with van der Waals surface area (Å²) in [6.07, 6.45) is 0. The van der Waals surface area contributed by atoms with Crippen molar-refractivity contribution < 1.29 is 27.4 Å². The molecule has 0 spiro atoms. The molecule has 2 aromatic rings. The van der Waals surface area contributed by atoms with Gasteiger partial charge in [0.25, 0.3) is 5.91 Å². The molecule has 0 saturated carbocycles. The Balaban J connectivity index is 2.12. The molecule has 0 radical (unpaired) electrons. The molecule has 0 aliphatic carbocycles. The third-order valence-corrected chi connectivity index (χ3v) is 5.16. The second-order valence-electron chi connectivity index (χ2n) is 5.44. The molecule has 9 heteroatoms. The first-order valence-corrected chi connectivity index (χ1v) is 9.51. The number of benzene rings is 2. The van der Waals surface area contributed by atoms with Crippen molar-refractivity contribution in [3.63, 3.8) is 0 Å². The molecule has 2 aromatic carbocycles. The molecule has 2 N–H and O–H groups in total. The van der Waals surface area contributed by atoms with Crippen LogP contribution in [0, 0.1) is 0 Å². The summed E-state index contributed by atoms with van der Waals surface area (Å²) in [4.78, 5) is 12.5. The van der Waals surface area contributed by atoms with E-state index >= 15 is 0 Å². The summed E-state index contributed by atoms with van der Waals surface area (Å²) in [5.74, 6) is 0.652. The molecule has 0 aromatic heterocycles. The minimum atomic E-state index is -3.65. The highest BCUT2D eigenvalue weighted by Gasteiger charge is 2.15. The van der Waals surface area contributed by atoms with Gasteiger partial charge in [0.05, 0.1) is 31.4 Å². The average Bonchev–Trinajstić information content (AvgIpc) is 2.68. The van der Waals surface area contributed by atoms with Crippen LogP contribution in [-0.4, -0.2) is 48.8 Å². The Hall–Kier alpha value is -2.62. The van der Waals surface area contributed by atoms with Crippen LogP contribution in [0.15, 0.2) is 47.4 Å². The molecule has 2 rings (SSSR count). The fourth-order valence-corrected chi connectivity index (χ4v) is 3.26. The van der Waals surface area contributed by atoms with E-state index in [0.717, 1.165) is 0 Å². The Morgan fingerprint density at radius 1 is 1.00 bits per heavy atom. The van der Waals surface area contributed by atoms with Crippen LogP contribution >= 0.6 is 0 Å². The Morgan fingerprint density at radius 3 is 2.30 bits per heavy atom. The minimum absolute atomic E-state index is 0.0668. The first-order valence-electron chi connectivity index (χ1n) is 8.03. The molecular weight excluding hydrogens is 372 g/mol. The van der Waals surface area contributed by atoms with Crippen molar-refractivity contribution in [2.45, 2.75) is 4.90 Å². The van der Waals surface area contributed by atoms with E-state index in [9.17, 15) is 13.2 Å². The van der Waals surface area contributed by atoms with Crippen LogP contribution in [0.25, 0.3) is 0 Å². The number of carbonyl (C=O) groups excluding carboxylic acids is 1. The highest BCUT2D eigenvalue weighted by Crippen LogP contribution is 2.29. The highest BCUT2D eigenvalue weighted by molar-refractivity contribution is 7.89. The van der Waals surface area contributed by atoms with Gasteiger partial charge in [-0.3, -0.25) is 4.79 Å². The van der Waals surface area contributed by atoms with Gasteiger partial charge in [0.1, 0.15) is 11.5 Å². The molecule has 1 amide bonds. The zero-order valence-corrected chi connectivity index (χ0v) is 16.1. The lowest BCUT2D eigenvalue weighted by Gasteiger charge is -2.12. The largest absolute Gasteiger partial charge is 0.497 e. The van der Waals surface area contributed by atoms with Crippen molar-refractivity contribution >= 4 is 21.6 Å². The molecule has 0 fully saturated rings. The summed E-state index contributed by atoms with van der Waals surface area (Å²) in [6.45, 7) is 0.432. The number of rotatable bonds is 9. The summed E-state index contributed by atoms with van der Waals surface area (Å²) in [5, 5.41) is 2.73. The van der Waals surface area contributed by atoms with E-state index in [4.69, 9.17) is 14.2 Å². The number of hydrogen-bond acceptors (Lipinski definition) is 6. The van der Waals surface area contributed by atoms with Crippen molar-refractivity contribution in [2.24, 2.45) is 0 Å². The summed E-state index contributed by atoms with van der Waals surface area (Å²) in [6, 6.07) is 10.6. The monoisotopic (exact) mass is 394 g/mol. The SMILES string of the molecule is COCCNS(=O)(=O)c1ccc(C(=O)Nc2ccc(OC)cc2OC)cc1. The predicted molar refractivity (Wildman–Crippen MR) is 101 cm³/mol. The van der Waals surface area contributed by atoms with Crippen LogP contribution in [0.2, 0.25) is 0 Å². The van der Waals surface area contributed by atoms with Gasteiger partial charge >= 0.3 is 0 Å². The second-order valence-corrected chi connectivity index (χ2v) is 7.20. The maximum Gasteiger partial charge on any atom is 0.255 e. The van der Waals surface area contributed by atoms with Gasteiger partial charge in [-0.1, -0.05) is 0 Å². The molecule has 146 valence electrons. The van der Waals surface area contributed by atoms with Gasteiger partial charge < -0.3 is 19.5 Å². The van der Waals surface area contributed by atoms with Gasteiger partial charge in [0, 0.05) is 25.3 Å². The molecule has 0 unspecified atom stereocenters. The molecule has 27 heavy (non-hydrogen) atoms. The normalized spacial score (nSPS) is 11.1. The number of hydrogen-bond donors (Lipinski definition) is 2. The van der Waals surface area contributed by atoms with E-state index in [1.54, 1.807) is 18.2 Å². The molecule has 0 aliphatic rings. The first-order chi connectivity index (χ1) is 12.9. The summed E-state index contributed by atoms with van der Waals surface area (Å²) >= 11 is 0. The average molecular weight is 394 g/mol. The molecule has 0 atom stereocenters. The lowest BCUT2D eigenvalue weighted by Crippen LogP contribution is -2.27. The predicted octanol–water partition coefficient (Wildman–Crippen LogP) is 1.88. The molecule has 8 nitrogen and oxygen atoms in total. The number of methoxy groups -OCH3 is 3. The fourth-order valence-electron chi connectivity index (χ4n) is 2.24. The highest BCUT2D eigenvalue weighted by atomic mass is 32.2. The van der Waals surface area contributed by atoms with Crippen LogP contribution in [0.1, 0.15) is 10.4 Å². The van der Waals surface area contributed by atoms with Crippen molar-refractivity contribution in [1.82, 2.24) is 4.72 Å². The number of carbonyl (C=O) groups is 1. The Morgan fingerprint density at radius 2 is 1.70 bits per heavy atom. The third-order valence-electron chi connectivity index (χ3n) is 3.68.